The normalized spacial score (nSPS) is 10.6. The number of rotatable bonds is 5. The second kappa shape index (κ2) is 6.41. The standard InChI is InChI=1S/C15H15N7O2/c1-4-12-11(9-24-13-8-6-5-7-10(13)2)14(17-18-16-12)22-15(23)21(3)19-20-22/h4-8H,1,9H2,2-3H3. The third-order valence-electron chi connectivity index (χ3n) is 3.45. The van der Waals surface area contributed by atoms with Gasteiger partial charge in [-0.15, -0.1) is 14.9 Å². The van der Waals surface area contributed by atoms with E-state index in [2.05, 4.69) is 32.4 Å². The highest BCUT2D eigenvalue weighted by molar-refractivity contribution is 5.51. The van der Waals surface area contributed by atoms with Gasteiger partial charge in [0.15, 0.2) is 5.82 Å². The first kappa shape index (κ1) is 15.5. The number of ether oxygens (including phenoxy) is 1. The van der Waals surface area contributed by atoms with E-state index in [0.717, 1.165) is 20.7 Å². The van der Waals surface area contributed by atoms with Gasteiger partial charge in [-0.1, -0.05) is 24.8 Å². The molecule has 1 aromatic carbocycles. The molecule has 0 aliphatic carbocycles. The fraction of sp³-hybridized carbons (Fsp3) is 0.200. The molecule has 24 heavy (non-hydrogen) atoms. The molecule has 9 nitrogen and oxygen atoms in total. The van der Waals surface area contributed by atoms with Crippen molar-refractivity contribution in [2.45, 2.75) is 13.5 Å². The molecule has 0 saturated heterocycles. The predicted octanol–water partition coefficient (Wildman–Crippen LogP) is 0.681. The topological polar surface area (TPSA) is 101 Å². The first-order valence-corrected chi connectivity index (χ1v) is 7.14. The molecule has 0 spiro atoms. The molecular formula is C15H15N7O2. The molecule has 0 aliphatic rings. The van der Waals surface area contributed by atoms with Crippen LogP contribution in [0.25, 0.3) is 11.9 Å². The van der Waals surface area contributed by atoms with Crippen molar-refractivity contribution >= 4 is 6.08 Å². The molecule has 0 bridgehead atoms. The SMILES string of the molecule is C=Cc1nnnc(-n2nnn(C)c2=O)c1COc1ccccc1C. The van der Waals surface area contributed by atoms with E-state index in [9.17, 15) is 4.79 Å². The van der Waals surface area contributed by atoms with E-state index in [4.69, 9.17) is 4.74 Å². The number of nitrogens with zero attached hydrogens (tertiary/aromatic N) is 7. The van der Waals surface area contributed by atoms with Gasteiger partial charge in [-0.05, 0) is 40.3 Å². The van der Waals surface area contributed by atoms with Crippen LogP contribution < -0.4 is 10.4 Å². The Bertz CT molecular complexity index is 945. The first-order chi connectivity index (χ1) is 11.6. The summed E-state index contributed by atoms with van der Waals surface area (Å²) in [6.07, 6.45) is 1.52. The van der Waals surface area contributed by atoms with E-state index < -0.39 is 5.69 Å². The van der Waals surface area contributed by atoms with Gasteiger partial charge in [0.05, 0.1) is 11.3 Å². The van der Waals surface area contributed by atoms with E-state index in [1.54, 1.807) is 0 Å². The zero-order valence-electron chi connectivity index (χ0n) is 13.2. The fourth-order valence-electron chi connectivity index (χ4n) is 2.14. The van der Waals surface area contributed by atoms with Crippen molar-refractivity contribution in [3.8, 4) is 11.6 Å². The molecular weight excluding hydrogens is 310 g/mol. The Morgan fingerprint density at radius 1 is 1.25 bits per heavy atom. The zero-order chi connectivity index (χ0) is 17.1. The molecule has 0 fully saturated rings. The highest BCUT2D eigenvalue weighted by atomic mass is 16.5. The maximum atomic E-state index is 12.1. The summed E-state index contributed by atoms with van der Waals surface area (Å²) in [6, 6.07) is 7.62. The molecule has 3 aromatic rings. The van der Waals surface area contributed by atoms with Gasteiger partial charge in [0.2, 0.25) is 0 Å². The van der Waals surface area contributed by atoms with E-state index in [1.807, 2.05) is 31.2 Å². The van der Waals surface area contributed by atoms with E-state index in [0.29, 0.717) is 11.3 Å². The van der Waals surface area contributed by atoms with Gasteiger partial charge in [0, 0.05) is 7.05 Å². The van der Waals surface area contributed by atoms with Crippen LogP contribution in [0.5, 0.6) is 5.75 Å². The maximum Gasteiger partial charge on any atom is 0.369 e. The Labute approximate surface area is 137 Å². The lowest BCUT2D eigenvalue weighted by Crippen LogP contribution is -2.25. The van der Waals surface area contributed by atoms with Crippen LogP contribution >= 0.6 is 0 Å². The molecule has 9 heteroatoms. The minimum Gasteiger partial charge on any atom is -0.488 e. The van der Waals surface area contributed by atoms with E-state index in [1.165, 1.54) is 13.1 Å². The highest BCUT2D eigenvalue weighted by Crippen LogP contribution is 2.20. The molecule has 122 valence electrons. The number of aryl methyl sites for hydroxylation is 2. The van der Waals surface area contributed by atoms with Gasteiger partial charge in [-0.3, -0.25) is 0 Å². The lowest BCUT2D eigenvalue weighted by molar-refractivity contribution is 0.301. The van der Waals surface area contributed by atoms with Crippen molar-refractivity contribution in [1.82, 2.24) is 35.2 Å². The summed E-state index contributed by atoms with van der Waals surface area (Å²) >= 11 is 0. The average Bonchev–Trinajstić information content (AvgIpc) is 2.93. The van der Waals surface area contributed by atoms with Crippen molar-refractivity contribution in [1.29, 1.82) is 0 Å². The van der Waals surface area contributed by atoms with Crippen molar-refractivity contribution in [2.24, 2.45) is 7.05 Å². The largest absolute Gasteiger partial charge is 0.488 e. The summed E-state index contributed by atoms with van der Waals surface area (Å²) in [5.41, 5.74) is 1.56. The maximum absolute atomic E-state index is 12.1. The van der Waals surface area contributed by atoms with Gasteiger partial charge in [0.25, 0.3) is 0 Å². The summed E-state index contributed by atoms with van der Waals surface area (Å²) in [4.78, 5) is 12.1. The number of hydrogen-bond acceptors (Lipinski definition) is 7. The van der Waals surface area contributed by atoms with Crippen LogP contribution in [0.15, 0.2) is 35.6 Å². The Hall–Kier alpha value is -3.36. The number of tetrazole rings is 1. The van der Waals surface area contributed by atoms with Crippen molar-refractivity contribution in [2.75, 3.05) is 0 Å². The van der Waals surface area contributed by atoms with Crippen LogP contribution in [-0.4, -0.2) is 35.2 Å². The molecule has 0 radical (unpaired) electrons. The summed E-state index contributed by atoms with van der Waals surface area (Å²) in [5.74, 6) is 0.938. The predicted molar refractivity (Wildman–Crippen MR) is 85.6 cm³/mol. The minimum absolute atomic E-state index is 0.132. The molecule has 0 unspecified atom stereocenters. The van der Waals surface area contributed by atoms with Crippen molar-refractivity contribution in [3.63, 3.8) is 0 Å². The number of benzene rings is 1. The second-order valence-corrected chi connectivity index (χ2v) is 5.03. The quantitative estimate of drug-likeness (QED) is 0.680. The third kappa shape index (κ3) is 2.78. The summed E-state index contributed by atoms with van der Waals surface area (Å²) in [5, 5.41) is 19.0. The van der Waals surface area contributed by atoms with Crippen LogP contribution in [0.3, 0.4) is 0 Å². The van der Waals surface area contributed by atoms with E-state index in [-0.39, 0.29) is 12.4 Å². The molecule has 2 heterocycles. The third-order valence-corrected chi connectivity index (χ3v) is 3.45. The smallest absolute Gasteiger partial charge is 0.369 e. The molecule has 0 aliphatic heterocycles. The zero-order valence-corrected chi connectivity index (χ0v) is 13.2. The molecule has 0 N–H and O–H groups in total. The number of hydrogen-bond donors (Lipinski definition) is 0. The molecule has 0 atom stereocenters. The van der Waals surface area contributed by atoms with Gasteiger partial charge in [-0.2, -0.15) is 4.68 Å². The monoisotopic (exact) mass is 325 g/mol. The lowest BCUT2D eigenvalue weighted by atomic mass is 10.2. The van der Waals surface area contributed by atoms with Gasteiger partial charge in [-0.25, -0.2) is 4.79 Å². The Morgan fingerprint density at radius 3 is 2.71 bits per heavy atom. The van der Waals surface area contributed by atoms with Gasteiger partial charge in [0.1, 0.15) is 12.4 Å². The van der Waals surface area contributed by atoms with Gasteiger partial charge >= 0.3 is 5.69 Å². The molecule has 0 amide bonds. The van der Waals surface area contributed by atoms with Crippen LogP contribution in [0.1, 0.15) is 16.8 Å². The molecule has 0 saturated carbocycles. The summed E-state index contributed by atoms with van der Waals surface area (Å²) in [6.45, 7) is 5.79. The van der Waals surface area contributed by atoms with Crippen LogP contribution in [0.2, 0.25) is 0 Å². The van der Waals surface area contributed by atoms with Gasteiger partial charge < -0.3 is 4.74 Å². The highest BCUT2D eigenvalue weighted by Gasteiger charge is 2.18. The minimum atomic E-state index is -0.442. The van der Waals surface area contributed by atoms with E-state index >= 15 is 0 Å². The van der Waals surface area contributed by atoms with Crippen LogP contribution in [-0.2, 0) is 13.7 Å². The van der Waals surface area contributed by atoms with Crippen molar-refractivity contribution < 1.29 is 4.74 Å². The Kier molecular flexibility index (Phi) is 4.15. The molecule has 2 aromatic heterocycles. The summed E-state index contributed by atoms with van der Waals surface area (Å²) < 4.78 is 8.00. The van der Waals surface area contributed by atoms with Crippen molar-refractivity contribution in [3.05, 3.63) is 58.1 Å². The lowest BCUT2D eigenvalue weighted by Gasteiger charge is -2.12. The Morgan fingerprint density at radius 2 is 2.04 bits per heavy atom. The fourth-order valence-corrected chi connectivity index (χ4v) is 2.14. The number of para-hydroxylation sites is 1. The van der Waals surface area contributed by atoms with Crippen LogP contribution in [0.4, 0.5) is 0 Å². The van der Waals surface area contributed by atoms with Crippen LogP contribution in [0, 0.1) is 6.92 Å². The average molecular weight is 325 g/mol. The second-order valence-electron chi connectivity index (χ2n) is 5.03. The molecule has 3 rings (SSSR count). The number of aromatic nitrogens is 7. The Balaban J connectivity index is 2.03. The summed E-state index contributed by atoms with van der Waals surface area (Å²) in [7, 11) is 1.50. The first-order valence-electron chi connectivity index (χ1n) is 7.14.